The number of furan rings is 1. The Hall–Kier alpha value is -2.92. The number of carbonyl (C=O) groups excluding carboxylic acids is 4. The predicted octanol–water partition coefficient (Wildman–Crippen LogP) is -0.478. The highest BCUT2D eigenvalue weighted by molar-refractivity contribution is 5.91. The zero-order chi connectivity index (χ0) is 20.8. The van der Waals surface area contributed by atoms with E-state index in [0.717, 1.165) is 20.8 Å². The molecule has 1 aromatic heterocycles. The first-order valence-corrected chi connectivity index (χ1v) is 8.34. The van der Waals surface area contributed by atoms with Crippen LogP contribution in [0.25, 0.3) is 0 Å². The van der Waals surface area contributed by atoms with Gasteiger partial charge < -0.3 is 33.8 Å². The van der Waals surface area contributed by atoms with Crippen LogP contribution in [0.1, 0.15) is 31.3 Å². The van der Waals surface area contributed by atoms with E-state index in [1.165, 1.54) is 18.4 Å². The Bertz CT molecular complexity index is 716. The maximum atomic E-state index is 12.3. The van der Waals surface area contributed by atoms with Crippen molar-refractivity contribution in [1.82, 2.24) is 5.32 Å². The fourth-order valence-corrected chi connectivity index (χ4v) is 2.70. The minimum atomic E-state index is -1.66. The van der Waals surface area contributed by atoms with Gasteiger partial charge in [-0.25, -0.2) is 0 Å². The molecule has 0 saturated carbocycles. The molecule has 2 heterocycles. The highest BCUT2D eigenvalue weighted by Gasteiger charge is 2.50. The van der Waals surface area contributed by atoms with Gasteiger partial charge >= 0.3 is 17.9 Å². The maximum absolute atomic E-state index is 12.3. The van der Waals surface area contributed by atoms with Gasteiger partial charge in [0.25, 0.3) is 5.91 Å². The summed E-state index contributed by atoms with van der Waals surface area (Å²) in [5.41, 5.74) is 0. The van der Waals surface area contributed by atoms with E-state index in [2.05, 4.69) is 5.32 Å². The van der Waals surface area contributed by atoms with Crippen LogP contribution in [0.4, 0.5) is 0 Å². The largest absolute Gasteiger partial charge is 0.463 e. The molecule has 0 spiro atoms. The van der Waals surface area contributed by atoms with Gasteiger partial charge in [0.15, 0.2) is 24.3 Å². The molecular formula is C17H21NO10. The lowest BCUT2D eigenvalue weighted by molar-refractivity contribution is -0.263. The quantitative estimate of drug-likeness (QED) is 0.474. The molecule has 5 unspecified atom stereocenters. The standard InChI is InChI=1S/C17H21NO10/c1-8(19)25-7-12-14(26-9(2)20)15(27-10(3)21)13(17(23)28-12)18-16(22)11-5-4-6-24-11/h4-6,12-15,17,23H,7H2,1-3H3,(H,18,22). The van der Waals surface area contributed by atoms with Crippen LogP contribution in [0.3, 0.4) is 0 Å². The van der Waals surface area contributed by atoms with Gasteiger partial charge in [-0.2, -0.15) is 0 Å². The Balaban J connectivity index is 2.29. The Morgan fingerprint density at radius 2 is 1.71 bits per heavy atom. The number of hydrogen-bond acceptors (Lipinski definition) is 10. The molecule has 1 saturated heterocycles. The molecule has 2 rings (SSSR count). The number of hydrogen-bond donors (Lipinski definition) is 2. The van der Waals surface area contributed by atoms with E-state index in [0.29, 0.717) is 0 Å². The molecule has 1 aliphatic rings. The number of aliphatic hydroxyl groups is 1. The number of amides is 1. The van der Waals surface area contributed by atoms with Crippen molar-refractivity contribution < 1.29 is 47.6 Å². The molecule has 2 N–H and O–H groups in total. The molecule has 0 bridgehead atoms. The van der Waals surface area contributed by atoms with Crippen molar-refractivity contribution in [1.29, 1.82) is 0 Å². The number of carbonyl (C=O) groups is 4. The van der Waals surface area contributed by atoms with Crippen LogP contribution >= 0.6 is 0 Å². The van der Waals surface area contributed by atoms with E-state index in [1.807, 2.05) is 0 Å². The van der Waals surface area contributed by atoms with E-state index in [4.69, 9.17) is 23.4 Å². The van der Waals surface area contributed by atoms with E-state index in [9.17, 15) is 24.3 Å². The van der Waals surface area contributed by atoms with Gasteiger partial charge in [-0.3, -0.25) is 19.2 Å². The van der Waals surface area contributed by atoms with Crippen LogP contribution in [-0.4, -0.2) is 66.2 Å². The molecule has 1 fully saturated rings. The van der Waals surface area contributed by atoms with Crippen LogP contribution < -0.4 is 5.32 Å². The molecule has 1 aromatic rings. The van der Waals surface area contributed by atoms with Crippen LogP contribution in [-0.2, 0) is 33.3 Å². The van der Waals surface area contributed by atoms with Crippen LogP contribution in [0, 0.1) is 0 Å². The monoisotopic (exact) mass is 399 g/mol. The first-order chi connectivity index (χ1) is 13.2. The lowest BCUT2D eigenvalue weighted by Crippen LogP contribution is -2.66. The second-order valence-corrected chi connectivity index (χ2v) is 5.99. The highest BCUT2D eigenvalue weighted by Crippen LogP contribution is 2.26. The maximum Gasteiger partial charge on any atom is 0.303 e. The van der Waals surface area contributed by atoms with Gasteiger partial charge in [0.05, 0.1) is 6.26 Å². The SMILES string of the molecule is CC(=O)OCC1OC(O)C(NC(=O)c2ccco2)C(OC(C)=O)C1OC(C)=O. The first-order valence-electron chi connectivity index (χ1n) is 8.34. The minimum absolute atomic E-state index is 0.0557. The molecule has 5 atom stereocenters. The van der Waals surface area contributed by atoms with Crippen LogP contribution in [0.5, 0.6) is 0 Å². The summed E-state index contributed by atoms with van der Waals surface area (Å²) in [5, 5.41) is 12.8. The van der Waals surface area contributed by atoms with Gasteiger partial charge in [-0.15, -0.1) is 0 Å². The predicted molar refractivity (Wildman–Crippen MR) is 88.6 cm³/mol. The molecule has 154 valence electrons. The minimum Gasteiger partial charge on any atom is -0.463 e. The third kappa shape index (κ3) is 5.54. The zero-order valence-corrected chi connectivity index (χ0v) is 15.4. The fraction of sp³-hybridized carbons (Fsp3) is 0.529. The van der Waals surface area contributed by atoms with Crippen molar-refractivity contribution in [3.63, 3.8) is 0 Å². The van der Waals surface area contributed by atoms with Gasteiger partial charge in [0.1, 0.15) is 18.8 Å². The normalized spacial score (nSPS) is 26.8. The number of ether oxygens (including phenoxy) is 4. The van der Waals surface area contributed by atoms with E-state index in [1.54, 1.807) is 0 Å². The van der Waals surface area contributed by atoms with Gasteiger partial charge in [0, 0.05) is 20.8 Å². The Labute approximate surface area is 159 Å². The second kappa shape index (κ2) is 9.33. The van der Waals surface area contributed by atoms with Crippen molar-refractivity contribution in [3.05, 3.63) is 24.2 Å². The zero-order valence-electron chi connectivity index (χ0n) is 15.4. The fourth-order valence-electron chi connectivity index (χ4n) is 2.70. The summed E-state index contributed by atoms with van der Waals surface area (Å²) in [5.74, 6) is -2.88. The van der Waals surface area contributed by atoms with E-state index in [-0.39, 0.29) is 12.4 Å². The Morgan fingerprint density at radius 1 is 1.07 bits per heavy atom. The van der Waals surface area contributed by atoms with Crippen molar-refractivity contribution >= 4 is 23.8 Å². The number of aliphatic hydroxyl groups excluding tert-OH is 1. The van der Waals surface area contributed by atoms with Gasteiger partial charge in [0.2, 0.25) is 0 Å². The topological polar surface area (TPSA) is 151 Å². The summed E-state index contributed by atoms with van der Waals surface area (Å²) in [4.78, 5) is 46.5. The van der Waals surface area contributed by atoms with Crippen LogP contribution in [0.2, 0.25) is 0 Å². The molecule has 0 aromatic carbocycles. The third-order valence-corrected chi connectivity index (χ3v) is 3.76. The number of nitrogens with one attached hydrogen (secondary N) is 1. The third-order valence-electron chi connectivity index (χ3n) is 3.76. The van der Waals surface area contributed by atoms with E-state index < -0.39 is 54.5 Å². The summed E-state index contributed by atoms with van der Waals surface area (Å²) in [6.45, 7) is 3.02. The lowest BCUT2D eigenvalue weighted by atomic mass is 9.96. The molecule has 28 heavy (non-hydrogen) atoms. The van der Waals surface area contributed by atoms with Crippen LogP contribution in [0.15, 0.2) is 22.8 Å². The van der Waals surface area contributed by atoms with Gasteiger partial charge in [-0.1, -0.05) is 0 Å². The van der Waals surface area contributed by atoms with Gasteiger partial charge in [-0.05, 0) is 12.1 Å². The molecule has 1 amide bonds. The van der Waals surface area contributed by atoms with Crippen molar-refractivity contribution in [2.24, 2.45) is 0 Å². The van der Waals surface area contributed by atoms with Crippen molar-refractivity contribution in [2.75, 3.05) is 6.61 Å². The number of esters is 3. The molecule has 11 nitrogen and oxygen atoms in total. The summed E-state index contributed by atoms with van der Waals surface area (Å²) in [7, 11) is 0. The Morgan fingerprint density at radius 3 is 2.25 bits per heavy atom. The smallest absolute Gasteiger partial charge is 0.303 e. The second-order valence-electron chi connectivity index (χ2n) is 5.99. The first kappa shape index (κ1) is 21.4. The molecule has 1 aliphatic heterocycles. The van der Waals surface area contributed by atoms with Crippen molar-refractivity contribution in [2.45, 2.75) is 51.4 Å². The molecule has 0 radical (unpaired) electrons. The summed E-state index contributed by atoms with van der Waals surface area (Å²) < 4.78 is 25.6. The highest BCUT2D eigenvalue weighted by atomic mass is 16.7. The average Bonchev–Trinajstić information content (AvgIpc) is 3.12. The molecular weight excluding hydrogens is 378 g/mol. The summed E-state index contributed by atoms with van der Waals surface area (Å²) in [6.07, 6.45) is -4.08. The summed E-state index contributed by atoms with van der Waals surface area (Å²) in [6, 6.07) is 1.59. The average molecular weight is 399 g/mol. The lowest BCUT2D eigenvalue weighted by Gasteiger charge is -2.43. The van der Waals surface area contributed by atoms with Crippen molar-refractivity contribution in [3.8, 4) is 0 Å². The number of rotatable bonds is 6. The summed E-state index contributed by atoms with van der Waals surface area (Å²) >= 11 is 0. The molecule has 11 heteroatoms. The van der Waals surface area contributed by atoms with E-state index >= 15 is 0 Å². The molecule has 0 aliphatic carbocycles. The Kier molecular flexibility index (Phi) is 7.12.